The van der Waals surface area contributed by atoms with Crippen molar-refractivity contribution < 1.29 is 14.3 Å². The van der Waals surface area contributed by atoms with Gasteiger partial charge in [0.25, 0.3) is 5.91 Å². The van der Waals surface area contributed by atoms with Gasteiger partial charge in [-0.15, -0.1) is 11.3 Å². The molecule has 154 valence electrons. The summed E-state index contributed by atoms with van der Waals surface area (Å²) in [6, 6.07) is 12.6. The van der Waals surface area contributed by atoms with E-state index < -0.39 is 5.41 Å². The fourth-order valence-electron chi connectivity index (χ4n) is 4.57. The Hall–Kier alpha value is -2.18. The van der Waals surface area contributed by atoms with Gasteiger partial charge in [0, 0.05) is 38.7 Å². The molecule has 0 unspecified atom stereocenters. The molecule has 0 spiro atoms. The zero-order chi connectivity index (χ0) is 20.4. The molecule has 0 saturated carbocycles. The summed E-state index contributed by atoms with van der Waals surface area (Å²) in [6.07, 6.45) is 2.71. The second kappa shape index (κ2) is 8.28. The first-order valence-electron chi connectivity index (χ1n) is 10.2. The van der Waals surface area contributed by atoms with Gasteiger partial charge in [-0.1, -0.05) is 30.3 Å². The van der Waals surface area contributed by atoms with Crippen molar-refractivity contribution in [3.05, 3.63) is 47.3 Å². The summed E-state index contributed by atoms with van der Waals surface area (Å²) in [7, 11) is 3.60. The molecule has 5 nitrogen and oxygen atoms in total. The fourth-order valence-corrected chi connectivity index (χ4v) is 5.30. The highest BCUT2D eigenvalue weighted by Crippen LogP contribution is 2.38. The van der Waals surface area contributed by atoms with Crippen molar-refractivity contribution in [2.24, 2.45) is 5.41 Å². The number of hydrogen-bond donors (Lipinski definition) is 0. The molecule has 2 saturated heterocycles. The largest absolute Gasteiger partial charge is 0.368 e. The maximum absolute atomic E-state index is 13.2. The van der Waals surface area contributed by atoms with Crippen LogP contribution in [0.1, 0.15) is 24.8 Å². The van der Waals surface area contributed by atoms with Crippen LogP contribution in [0.4, 0.5) is 0 Å². The Kier molecular flexibility index (Phi) is 5.74. The first-order chi connectivity index (χ1) is 14.0. The molecular formula is C23H28N2O3S. The maximum Gasteiger partial charge on any atom is 0.251 e. The summed E-state index contributed by atoms with van der Waals surface area (Å²) in [6.45, 7) is 1.73. The molecule has 0 bridgehead atoms. The predicted octanol–water partition coefficient (Wildman–Crippen LogP) is 3.44. The van der Waals surface area contributed by atoms with Gasteiger partial charge >= 0.3 is 0 Å². The number of carbonyl (C=O) groups excluding carboxylic acids is 2. The minimum Gasteiger partial charge on any atom is -0.368 e. The van der Waals surface area contributed by atoms with E-state index in [1.807, 2.05) is 4.90 Å². The van der Waals surface area contributed by atoms with E-state index in [2.05, 4.69) is 41.8 Å². The fraction of sp³-hybridized carbons (Fsp3) is 0.478. The highest BCUT2D eigenvalue weighted by Gasteiger charge is 2.47. The second-order valence-corrected chi connectivity index (χ2v) is 9.29. The number of hydrogen-bond acceptors (Lipinski definition) is 4. The van der Waals surface area contributed by atoms with Gasteiger partial charge in [0.05, 0.1) is 5.41 Å². The summed E-state index contributed by atoms with van der Waals surface area (Å²) >= 11 is 1.71. The van der Waals surface area contributed by atoms with E-state index in [9.17, 15) is 9.59 Å². The minimum absolute atomic E-state index is 0.0447. The number of ether oxygens (including phenoxy) is 1. The Morgan fingerprint density at radius 2 is 2.14 bits per heavy atom. The Bertz CT molecular complexity index is 874. The van der Waals surface area contributed by atoms with Gasteiger partial charge in [-0.3, -0.25) is 9.59 Å². The first-order valence-corrected chi connectivity index (χ1v) is 11.1. The third-order valence-electron chi connectivity index (χ3n) is 6.01. The summed E-state index contributed by atoms with van der Waals surface area (Å²) in [5.41, 5.74) is 1.74. The summed E-state index contributed by atoms with van der Waals surface area (Å²) in [5, 5.41) is 2.07. The molecule has 2 fully saturated rings. The molecule has 6 heteroatoms. The van der Waals surface area contributed by atoms with Gasteiger partial charge in [-0.25, -0.2) is 0 Å². The summed E-state index contributed by atoms with van der Waals surface area (Å²) in [5.74, 6) is 0.143. The van der Waals surface area contributed by atoms with Gasteiger partial charge in [0.2, 0.25) is 5.91 Å². The van der Waals surface area contributed by atoms with Gasteiger partial charge < -0.3 is 14.5 Å². The van der Waals surface area contributed by atoms with Crippen LogP contribution in [0.2, 0.25) is 0 Å². The normalized spacial score (nSPS) is 24.1. The molecule has 2 aliphatic heterocycles. The zero-order valence-electron chi connectivity index (χ0n) is 17.1. The standard InChI is InChI=1S/C23H28N2O3S/c1-24(2)22(27)23(10-11-25(16-23)21(26)19-8-4-12-28-19)15-17-6-3-7-18(14-17)20-9-5-13-29-20/h3,5-7,9,13-14,19H,4,8,10-12,15-16H2,1-2H3/t19-,23+/m1/s1. The number of likely N-dealkylation sites (tertiary alicyclic amines) is 1. The quantitative estimate of drug-likeness (QED) is 0.756. The van der Waals surface area contributed by atoms with E-state index in [1.54, 1.807) is 30.3 Å². The monoisotopic (exact) mass is 412 g/mol. The molecule has 2 atom stereocenters. The van der Waals surface area contributed by atoms with E-state index in [0.29, 0.717) is 32.5 Å². The lowest BCUT2D eigenvalue weighted by atomic mass is 9.79. The summed E-state index contributed by atoms with van der Waals surface area (Å²) < 4.78 is 5.59. The minimum atomic E-state index is -0.578. The topological polar surface area (TPSA) is 49.9 Å². The van der Waals surface area contributed by atoms with Crippen LogP contribution in [0.5, 0.6) is 0 Å². The van der Waals surface area contributed by atoms with Crippen molar-refractivity contribution in [2.45, 2.75) is 31.8 Å². The molecular weight excluding hydrogens is 384 g/mol. The van der Waals surface area contributed by atoms with Crippen LogP contribution < -0.4 is 0 Å². The molecule has 2 aliphatic rings. The molecule has 2 amide bonds. The van der Waals surface area contributed by atoms with Crippen LogP contribution in [0.15, 0.2) is 41.8 Å². The van der Waals surface area contributed by atoms with E-state index in [0.717, 1.165) is 18.4 Å². The van der Waals surface area contributed by atoms with Gasteiger partial charge in [0.15, 0.2) is 0 Å². The van der Waals surface area contributed by atoms with Crippen LogP contribution in [0, 0.1) is 5.41 Å². The SMILES string of the molecule is CN(C)C(=O)[C@]1(Cc2cccc(-c3cccs3)c2)CCN(C(=O)[C@H]2CCCO2)C1. The van der Waals surface area contributed by atoms with E-state index in [-0.39, 0.29) is 17.9 Å². The lowest BCUT2D eigenvalue weighted by molar-refractivity contribution is -0.142. The molecule has 29 heavy (non-hydrogen) atoms. The van der Waals surface area contributed by atoms with Crippen molar-refractivity contribution in [3.63, 3.8) is 0 Å². The number of thiophene rings is 1. The van der Waals surface area contributed by atoms with Crippen molar-refractivity contribution in [1.29, 1.82) is 0 Å². The second-order valence-electron chi connectivity index (χ2n) is 8.35. The molecule has 0 radical (unpaired) electrons. The van der Waals surface area contributed by atoms with Crippen molar-refractivity contribution in [3.8, 4) is 10.4 Å². The van der Waals surface area contributed by atoms with Crippen molar-refractivity contribution in [2.75, 3.05) is 33.8 Å². The lowest BCUT2D eigenvalue weighted by Crippen LogP contribution is -2.46. The van der Waals surface area contributed by atoms with Crippen LogP contribution in [-0.2, 0) is 20.7 Å². The van der Waals surface area contributed by atoms with Crippen molar-refractivity contribution in [1.82, 2.24) is 9.80 Å². The van der Waals surface area contributed by atoms with Gasteiger partial charge in [-0.2, -0.15) is 0 Å². The van der Waals surface area contributed by atoms with Crippen molar-refractivity contribution >= 4 is 23.2 Å². The van der Waals surface area contributed by atoms with Crippen LogP contribution in [0.3, 0.4) is 0 Å². The average Bonchev–Trinajstić information content (AvgIpc) is 3.49. The van der Waals surface area contributed by atoms with Crippen LogP contribution in [0.25, 0.3) is 10.4 Å². The molecule has 1 aromatic carbocycles. The Labute approximate surface area is 176 Å². The highest BCUT2D eigenvalue weighted by molar-refractivity contribution is 7.13. The Morgan fingerprint density at radius 3 is 2.83 bits per heavy atom. The molecule has 0 aliphatic carbocycles. The van der Waals surface area contributed by atoms with Crippen LogP contribution >= 0.6 is 11.3 Å². The van der Waals surface area contributed by atoms with Gasteiger partial charge in [0.1, 0.15) is 6.10 Å². The first kappa shape index (κ1) is 20.1. The number of carbonyl (C=O) groups is 2. The maximum atomic E-state index is 13.2. The average molecular weight is 413 g/mol. The van der Waals surface area contributed by atoms with E-state index in [4.69, 9.17) is 4.74 Å². The third kappa shape index (κ3) is 4.09. The number of rotatable bonds is 5. The molecule has 3 heterocycles. The highest BCUT2D eigenvalue weighted by atomic mass is 32.1. The predicted molar refractivity (Wildman–Crippen MR) is 115 cm³/mol. The van der Waals surface area contributed by atoms with Gasteiger partial charge in [-0.05, 0) is 48.3 Å². The molecule has 4 rings (SSSR count). The smallest absolute Gasteiger partial charge is 0.251 e. The molecule has 0 N–H and O–H groups in total. The lowest BCUT2D eigenvalue weighted by Gasteiger charge is -2.31. The third-order valence-corrected chi connectivity index (χ3v) is 6.92. The van der Waals surface area contributed by atoms with E-state index >= 15 is 0 Å². The molecule has 1 aromatic heterocycles. The Balaban J connectivity index is 1.57. The number of amides is 2. The molecule has 2 aromatic rings. The number of nitrogens with zero attached hydrogens (tertiary/aromatic N) is 2. The number of benzene rings is 1. The zero-order valence-corrected chi connectivity index (χ0v) is 17.9. The van der Waals surface area contributed by atoms with Crippen LogP contribution in [-0.4, -0.2) is 61.5 Å². The Morgan fingerprint density at radius 1 is 1.28 bits per heavy atom. The summed E-state index contributed by atoms with van der Waals surface area (Å²) in [4.78, 5) is 30.8. The van der Waals surface area contributed by atoms with E-state index in [1.165, 1.54) is 10.4 Å².